The molecule has 0 spiro atoms. The van der Waals surface area contributed by atoms with E-state index in [1.165, 1.54) is 11.3 Å². The Kier molecular flexibility index (Phi) is 3.46. The van der Waals surface area contributed by atoms with Gasteiger partial charge in [0.25, 0.3) is 0 Å². The predicted molar refractivity (Wildman–Crippen MR) is 106 cm³/mol. The van der Waals surface area contributed by atoms with Crippen LogP contribution in [0.4, 0.5) is 5.69 Å². The fourth-order valence-electron chi connectivity index (χ4n) is 4.60. The van der Waals surface area contributed by atoms with E-state index in [2.05, 4.69) is 66.5 Å². The lowest BCUT2D eigenvalue weighted by Crippen LogP contribution is -2.32. The lowest BCUT2D eigenvalue weighted by Gasteiger charge is -2.28. The van der Waals surface area contributed by atoms with Gasteiger partial charge in [-0.2, -0.15) is 0 Å². The maximum Gasteiger partial charge on any atom is 0.189 e. The van der Waals surface area contributed by atoms with E-state index < -0.39 is 0 Å². The molecule has 2 nitrogen and oxygen atoms in total. The second-order valence-corrected chi connectivity index (χ2v) is 7.22. The molecule has 0 saturated carbocycles. The number of hydrogen-bond acceptors (Lipinski definition) is 2. The first-order chi connectivity index (χ1) is 12.8. The summed E-state index contributed by atoms with van der Waals surface area (Å²) in [5.41, 5.74) is 6.78. The number of fused-ring (bicyclic) bond motifs is 4. The van der Waals surface area contributed by atoms with Crippen molar-refractivity contribution in [3.8, 4) is 0 Å². The van der Waals surface area contributed by atoms with Crippen molar-refractivity contribution in [2.24, 2.45) is 0 Å². The van der Waals surface area contributed by atoms with Gasteiger partial charge in [0.2, 0.25) is 0 Å². The molecule has 3 aliphatic rings. The van der Waals surface area contributed by atoms with E-state index in [1.807, 2.05) is 18.2 Å². The summed E-state index contributed by atoms with van der Waals surface area (Å²) < 4.78 is 0. The van der Waals surface area contributed by atoms with Crippen LogP contribution in [0.1, 0.15) is 34.3 Å². The van der Waals surface area contributed by atoms with E-state index >= 15 is 0 Å². The molecule has 0 N–H and O–H groups in total. The second-order valence-electron chi connectivity index (χ2n) is 7.22. The Labute approximate surface area is 154 Å². The van der Waals surface area contributed by atoms with Gasteiger partial charge >= 0.3 is 0 Å². The Morgan fingerprint density at radius 2 is 1.92 bits per heavy atom. The SMILES string of the molecule is CCN1c2ccccc2C2C=C(C=C3Cc4ccccc4C3=O)C=CC21. The molecule has 0 bridgehead atoms. The van der Waals surface area contributed by atoms with Crippen molar-refractivity contribution in [1.29, 1.82) is 0 Å². The lowest BCUT2D eigenvalue weighted by molar-refractivity contribution is 0.103. The summed E-state index contributed by atoms with van der Waals surface area (Å²) in [6.45, 7) is 3.21. The number of allylic oxidation sites excluding steroid dienone is 4. The first-order valence-electron chi connectivity index (χ1n) is 9.35. The van der Waals surface area contributed by atoms with Crippen LogP contribution in [0.25, 0.3) is 0 Å². The molecule has 0 fully saturated rings. The number of ketones is 1. The zero-order chi connectivity index (χ0) is 17.7. The van der Waals surface area contributed by atoms with Crippen LogP contribution in [0.2, 0.25) is 0 Å². The smallest absolute Gasteiger partial charge is 0.189 e. The molecular formula is C24H21NO. The molecule has 2 aromatic carbocycles. The van der Waals surface area contributed by atoms with E-state index in [0.717, 1.165) is 35.2 Å². The molecule has 0 amide bonds. The molecular weight excluding hydrogens is 318 g/mol. The number of Topliss-reactive ketones (excluding diaryl/α,β-unsaturated/α-hetero) is 1. The number of likely N-dealkylation sites (N-methyl/N-ethyl adjacent to an activating group) is 1. The molecule has 26 heavy (non-hydrogen) atoms. The maximum atomic E-state index is 12.7. The molecule has 2 aromatic rings. The van der Waals surface area contributed by atoms with Gasteiger partial charge in [-0.15, -0.1) is 0 Å². The minimum atomic E-state index is 0.180. The molecule has 2 aliphatic carbocycles. The molecule has 1 aliphatic heterocycles. The minimum absolute atomic E-state index is 0.180. The molecule has 2 unspecified atom stereocenters. The number of para-hydroxylation sites is 1. The molecule has 0 radical (unpaired) electrons. The summed E-state index contributed by atoms with van der Waals surface area (Å²) >= 11 is 0. The van der Waals surface area contributed by atoms with Crippen molar-refractivity contribution in [2.75, 3.05) is 11.4 Å². The molecule has 5 rings (SSSR count). The third-order valence-electron chi connectivity index (χ3n) is 5.81. The fourth-order valence-corrected chi connectivity index (χ4v) is 4.60. The zero-order valence-electron chi connectivity index (χ0n) is 14.9. The van der Waals surface area contributed by atoms with Crippen molar-refractivity contribution in [2.45, 2.75) is 25.3 Å². The third-order valence-corrected chi connectivity index (χ3v) is 5.81. The summed E-state index contributed by atoms with van der Waals surface area (Å²) in [6, 6.07) is 17.0. The van der Waals surface area contributed by atoms with Gasteiger partial charge in [-0.1, -0.05) is 60.7 Å². The summed E-state index contributed by atoms with van der Waals surface area (Å²) in [7, 11) is 0. The molecule has 1 heterocycles. The molecule has 128 valence electrons. The molecule has 0 aromatic heterocycles. The largest absolute Gasteiger partial charge is 0.364 e. The number of anilines is 1. The number of hydrogen-bond donors (Lipinski definition) is 0. The Morgan fingerprint density at radius 1 is 1.12 bits per heavy atom. The summed E-state index contributed by atoms with van der Waals surface area (Å²) in [4.78, 5) is 15.1. The third kappa shape index (κ3) is 2.22. The quantitative estimate of drug-likeness (QED) is 0.730. The van der Waals surface area contributed by atoms with Gasteiger partial charge in [0.15, 0.2) is 5.78 Å². The highest BCUT2D eigenvalue weighted by Crippen LogP contribution is 2.44. The molecule has 2 atom stereocenters. The average Bonchev–Trinajstić information content (AvgIpc) is 3.17. The molecule has 0 saturated heterocycles. The van der Waals surface area contributed by atoms with E-state index in [9.17, 15) is 4.79 Å². The second kappa shape index (κ2) is 5.84. The van der Waals surface area contributed by atoms with Crippen molar-refractivity contribution < 1.29 is 4.79 Å². The maximum absolute atomic E-state index is 12.7. The lowest BCUT2D eigenvalue weighted by atomic mass is 9.88. The summed E-state index contributed by atoms with van der Waals surface area (Å²) in [5.74, 6) is 0.543. The standard InChI is InChI=1S/C24H21NO/c1-2-25-22-10-6-5-9-20(22)21-14-16(11-12-23(21)25)13-18-15-17-7-3-4-8-19(17)24(18)26/h3-14,21,23H,2,15H2,1H3. The van der Waals surface area contributed by atoms with Crippen LogP contribution < -0.4 is 4.90 Å². The number of carbonyl (C=O) groups excluding carboxylic acids is 1. The monoisotopic (exact) mass is 339 g/mol. The van der Waals surface area contributed by atoms with Gasteiger partial charge in [-0.25, -0.2) is 0 Å². The highest BCUT2D eigenvalue weighted by atomic mass is 16.1. The Bertz CT molecular complexity index is 995. The minimum Gasteiger partial charge on any atom is -0.364 e. The summed E-state index contributed by atoms with van der Waals surface area (Å²) in [5, 5.41) is 0. The van der Waals surface area contributed by atoms with Gasteiger partial charge in [0.05, 0.1) is 6.04 Å². The van der Waals surface area contributed by atoms with Gasteiger partial charge in [-0.3, -0.25) is 4.79 Å². The highest BCUT2D eigenvalue weighted by Gasteiger charge is 2.36. The predicted octanol–water partition coefficient (Wildman–Crippen LogP) is 4.84. The van der Waals surface area contributed by atoms with E-state index in [0.29, 0.717) is 12.0 Å². The van der Waals surface area contributed by atoms with Crippen molar-refractivity contribution in [3.05, 3.63) is 101 Å². The average molecular weight is 339 g/mol. The van der Waals surface area contributed by atoms with Crippen LogP contribution in [0.15, 0.2) is 84.0 Å². The van der Waals surface area contributed by atoms with Gasteiger partial charge in [-0.05, 0) is 35.8 Å². The Hall–Kier alpha value is -2.87. The number of rotatable bonds is 2. The Morgan fingerprint density at radius 3 is 2.77 bits per heavy atom. The van der Waals surface area contributed by atoms with Gasteiger partial charge in [0, 0.05) is 35.7 Å². The zero-order valence-corrected chi connectivity index (χ0v) is 14.9. The van der Waals surface area contributed by atoms with E-state index in [4.69, 9.17) is 0 Å². The van der Waals surface area contributed by atoms with Crippen LogP contribution in [-0.2, 0) is 6.42 Å². The van der Waals surface area contributed by atoms with Crippen LogP contribution in [0, 0.1) is 0 Å². The number of nitrogens with zero attached hydrogens (tertiary/aromatic N) is 1. The Balaban J connectivity index is 1.50. The first kappa shape index (κ1) is 15.4. The van der Waals surface area contributed by atoms with Gasteiger partial charge in [0.1, 0.15) is 0 Å². The van der Waals surface area contributed by atoms with Crippen LogP contribution in [-0.4, -0.2) is 18.4 Å². The number of carbonyl (C=O) groups is 1. The van der Waals surface area contributed by atoms with Crippen LogP contribution in [0.5, 0.6) is 0 Å². The van der Waals surface area contributed by atoms with E-state index in [1.54, 1.807) is 0 Å². The van der Waals surface area contributed by atoms with Crippen LogP contribution >= 0.6 is 0 Å². The fraction of sp³-hybridized carbons (Fsp3) is 0.208. The molecule has 2 heteroatoms. The van der Waals surface area contributed by atoms with Crippen molar-refractivity contribution in [1.82, 2.24) is 0 Å². The summed E-state index contributed by atoms with van der Waals surface area (Å²) in [6.07, 6.45) is 9.65. The van der Waals surface area contributed by atoms with Crippen LogP contribution in [0.3, 0.4) is 0 Å². The highest BCUT2D eigenvalue weighted by molar-refractivity contribution is 6.13. The normalized spacial score (nSPS) is 24.5. The number of benzene rings is 2. The van der Waals surface area contributed by atoms with Crippen molar-refractivity contribution in [3.63, 3.8) is 0 Å². The van der Waals surface area contributed by atoms with Crippen molar-refractivity contribution >= 4 is 11.5 Å². The van der Waals surface area contributed by atoms with Gasteiger partial charge < -0.3 is 4.90 Å². The first-order valence-corrected chi connectivity index (χ1v) is 9.35. The topological polar surface area (TPSA) is 20.3 Å². The van der Waals surface area contributed by atoms with E-state index in [-0.39, 0.29) is 5.78 Å².